The van der Waals surface area contributed by atoms with E-state index in [1.165, 1.54) is 20.9 Å². The van der Waals surface area contributed by atoms with Crippen molar-refractivity contribution in [2.45, 2.75) is 33.1 Å². The Bertz CT molecular complexity index is 1400. The Morgan fingerprint density at radius 3 is 2.61 bits per heavy atom. The molecule has 2 amide bonds. The minimum atomic E-state index is -0.813. The van der Waals surface area contributed by atoms with Crippen molar-refractivity contribution in [2.24, 2.45) is 0 Å². The summed E-state index contributed by atoms with van der Waals surface area (Å²) in [5, 5.41) is 3.55. The molecule has 4 aromatic rings. The molecule has 8 heteroatoms. The number of nitrogens with zero attached hydrogens (tertiary/aromatic N) is 3. The average Bonchev–Trinajstić information content (AvgIpc) is 3.37. The van der Waals surface area contributed by atoms with Gasteiger partial charge in [-0.1, -0.05) is 35.6 Å². The van der Waals surface area contributed by atoms with Crippen LogP contribution in [0, 0.1) is 20.8 Å². The summed E-state index contributed by atoms with van der Waals surface area (Å²) in [7, 11) is 0. The van der Waals surface area contributed by atoms with Crippen molar-refractivity contribution in [1.29, 1.82) is 0 Å². The van der Waals surface area contributed by atoms with Crippen LogP contribution in [0.15, 0.2) is 47.3 Å². The number of fused-ring (bicyclic) bond motifs is 1. The Hall–Kier alpha value is -3.52. The lowest BCUT2D eigenvalue weighted by Crippen LogP contribution is -2.31. The van der Waals surface area contributed by atoms with Gasteiger partial charge in [-0.05, 0) is 50.1 Å². The fourth-order valence-electron chi connectivity index (χ4n) is 4.13. The molecule has 1 aliphatic heterocycles. The second-order valence-corrected chi connectivity index (χ2v) is 8.88. The van der Waals surface area contributed by atoms with E-state index in [4.69, 9.17) is 0 Å². The highest BCUT2D eigenvalue weighted by Gasteiger charge is 2.43. The number of rotatable bonds is 3. The third-order valence-corrected chi connectivity index (χ3v) is 6.71. The van der Waals surface area contributed by atoms with Crippen LogP contribution in [0.25, 0.3) is 15.3 Å². The first-order chi connectivity index (χ1) is 14.8. The summed E-state index contributed by atoms with van der Waals surface area (Å²) < 4.78 is 2.33. The van der Waals surface area contributed by atoms with E-state index in [1.807, 2.05) is 56.3 Å². The number of thiazole rings is 1. The summed E-state index contributed by atoms with van der Waals surface area (Å²) in [6, 6.07) is 13.3. The van der Waals surface area contributed by atoms with Gasteiger partial charge in [0.2, 0.25) is 16.9 Å². The molecule has 31 heavy (non-hydrogen) atoms. The SMILES string of the molecule is Cc1ccc(C)c(N2C(=O)C[C@H](c3c(C)[nH]n(-c4nc5ccccc5s4)c3=O)C2=O)c1. The minimum absolute atomic E-state index is 0.0278. The molecule has 0 radical (unpaired) electrons. The number of amides is 2. The van der Waals surface area contributed by atoms with Crippen molar-refractivity contribution in [2.75, 3.05) is 4.90 Å². The van der Waals surface area contributed by atoms with E-state index in [0.29, 0.717) is 22.1 Å². The number of hydrogen-bond donors (Lipinski definition) is 1. The first-order valence-corrected chi connectivity index (χ1v) is 10.8. The Morgan fingerprint density at radius 1 is 1.06 bits per heavy atom. The van der Waals surface area contributed by atoms with Gasteiger partial charge in [-0.3, -0.25) is 19.5 Å². The number of aromatic nitrogens is 3. The maximum atomic E-state index is 13.3. The first kappa shape index (κ1) is 19.4. The number of imide groups is 1. The van der Waals surface area contributed by atoms with Gasteiger partial charge in [0.25, 0.3) is 5.56 Å². The predicted octanol–water partition coefficient (Wildman–Crippen LogP) is 3.75. The Balaban J connectivity index is 1.57. The standard InChI is InChI=1S/C23H20N4O3S/c1-12-8-9-13(2)17(10-12)26-19(28)11-15(21(26)29)20-14(3)25-27(22(20)30)23-24-16-6-4-5-7-18(16)31-23/h4-10,15,25H,11H2,1-3H3/t15-/m1/s1. The third kappa shape index (κ3) is 3.02. The molecule has 2 aromatic carbocycles. The Morgan fingerprint density at radius 2 is 1.84 bits per heavy atom. The fourth-order valence-corrected chi connectivity index (χ4v) is 5.06. The number of carbonyl (C=O) groups excluding carboxylic acids is 2. The number of carbonyl (C=O) groups is 2. The van der Waals surface area contributed by atoms with Gasteiger partial charge in [-0.15, -0.1) is 0 Å². The Kier molecular flexibility index (Phi) is 4.40. The molecule has 0 spiro atoms. The van der Waals surface area contributed by atoms with Crippen LogP contribution in [-0.2, 0) is 9.59 Å². The second-order valence-electron chi connectivity index (χ2n) is 7.87. The lowest BCUT2D eigenvalue weighted by molar-refractivity contribution is -0.121. The fraction of sp³-hybridized carbons (Fsp3) is 0.217. The molecular formula is C23H20N4O3S. The van der Waals surface area contributed by atoms with Gasteiger partial charge in [-0.2, -0.15) is 4.68 Å². The molecule has 5 rings (SSSR count). The van der Waals surface area contributed by atoms with Crippen molar-refractivity contribution in [1.82, 2.24) is 14.8 Å². The summed E-state index contributed by atoms with van der Waals surface area (Å²) >= 11 is 1.39. The zero-order chi connectivity index (χ0) is 21.9. The normalized spacial score (nSPS) is 16.6. The van der Waals surface area contributed by atoms with Gasteiger partial charge in [0.15, 0.2) is 0 Å². The first-order valence-electron chi connectivity index (χ1n) is 9.96. The van der Waals surface area contributed by atoms with E-state index >= 15 is 0 Å². The van der Waals surface area contributed by atoms with Crippen LogP contribution in [0.4, 0.5) is 5.69 Å². The molecule has 156 valence electrons. The van der Waals surface area contributed by atoms with E-state index in [0.717, 1.165) is 21.3 Å². The van der Waals surface area contributed by atoms with Crippen molar-refractivity contribution >= 4 is 39.1 Å². The number of aryl methyl sites for hydroxylation is 3. The monoisotopic (exact) mass is 432 g/mol. The molecule has 7 nitrogen and oxygen atoms in total. The zero-order valence-corrected chi connectivity index (χ0v) is 18.1. The zero-order valence-electron chi connectivity index (χ0n) is 17.3. The van der Waals surface area contributed by atoms with Crippen LogP contribution in [0.2, 0.25) is 0 Å². The largest absolute Gasteiger partial charge is 0.293 e. The molecule has 0 saturated carbocycles. The summed E-state index contributed by atoms with van der Waals surface area (Å²) in [6.45, 7) is 5.53. The Labute approximate surface area is 181 Å². The molecule has 1 saturated heterocycles. The van der Waals surface area contributed by atoms with Gasteiger partial charge in [0.1, 0.15) is 0 Å². The van der Waals surface area contributed by atoms with Crippen LogP contribution < -0.4 is 10.5 Å². The summed E-state index contributed by atoms with van der Waals surface area (Å²) in [5.41, 5.74) is 3.73. The van der Waals surface area contributed by atoms with Crippen LogP contribution >= 0.6 is 11.3 Å². The summed E-state index contributed by atoms with van der Waals surface area (Å²) in [4.78, 5) is 45.2. The van der Waals surface area contributed by atoms with Crippen molar-refractivity contribution < 1.29 is 9.59 Å². The molecule has 1 fully saturated rings. The number of nitrogens with one attached hydrogen (secondary N) is 1. The molecule has 1 N–H and O–H groups in total. The number of para-hydroxylation sites is 1. The molecule has 1 aliphatic rings. The lowest BCUT2D eigenvalue weighted by Gasteiger charge is -2.18. The summed E-state index contributed by atoms with van der Waals surface area (Å²) in [5.74, 6) is -1.48. The topological polar surface area (TPSA) is 88.1 Å². The smallest absolute Gasteiger partial charge is 0.277 e. The third-order valence-electron chi connectivity index (χ3n) is 5.69. The van der Waals surface area contributed by atoms with Crippen molar-refractivity contribution in [3.63, 3.8) is 0 Å². The summed E-state index contributed by atoms with van der Waals surface area (Å²) in [6.07, 6.45) is -0.0278. The number of anilines is 1. The number of hydrogen-bond acceptors (Lipinski definition) is 5. The van der Waals surface area contributed by atoms with Crippen LogP contribution in [0.1, 0.15) is 34.7 Å². The van der Waals surface area contributed by atoms with E-state index in [1.54, 1.807) is 6.92 Å². The lowest BCUT2D eigenvalue weighted by atomic mass is 9.98. The molecule has 0 unspecified atom stereocenters. The van der Waals surface area contributed by atoms with Crippen LogP contribution in [0.3, 0.4) is 0 Å². The molecule has 0 bridgehead atoms. The second kappa shape index (κ2) is 7.02. The molecule has 2 aromatic heterocycles. The van der Waals surface area contributed by atoms with E-state index in [9.17, 15) is 14.4 Å². The average molecular weight is 433 g/mol. The predicted molar refractivity (Wildman–Crippen MR) is 120 cm³/mol. The number of H-pyrrole nitrogens is 1. The highest BCUT2D eigenvalue weighted by Crippen LogP contribution is 2.35. The molecule has 1 atom stereocenters. The molecule has 3 heterocycles. The van der Waals surface area contributed by atoms with E-state index in [-0.39, 0.29) is 23.8 Å². The quantitative estimate of drug-likeness (QED) is 0.500. The van der Waals surface area contributed by atoms with Gasteiger partial charge in [-0.25, -0.2) is 9.88 Å². The van der Waals surface area contributed by atoms with Gasteiger partial charge in [0, 0.05) is 12.1 Å². The van der Waals surface area contributed by atoms with E-state index < -0.39 is 5.92 Å². The number of benzene rings is 2. The molecule has 0 aliphatic carbocycles. The highest BCUT2D eigenvalue weighted by atomic mass is 32.1. The maximum absolute atomic E-state index is 13.3. The maximum Gasteiger partial charge on any atom is 0.277 e. The number of aromatic amines is 1. The van der Waals surface area contributed by atoms with Gasteiger partial charge >= 0.3 is 0 Å². The molecular weight excluding hydrogens is 412 g/mol. The van der Waals surface area contributed by atoms with Crippen molar-refractivity contribution in [3.8, 4) is 5.13 Å². The highest BCUT2D eigenvalue weighted by molar-refractivity contribution is 7.20. The van der Waals surface area contributed by atoms with Gasteiger partial charge in [0.05, 0.1) is 27.4 Å². The van der Waals surface area contributed by atoms with Crippen molar-refractivity contribution in [3.05, 3.63) is 75.2 Å². The minimum Gasteiger partial charge on any atom is -0.293 e. The van der Waals surface area contributed by atoms with Crippen LogP contribution in [0.5, 0.6) is 0 Å². The van der Waals surface area contributed by atoms with Crippen LogP contribution in [-0.4, -0.2) is 26.6 Å². The van der Waals surface area contributed by atoms with Gasteiger partial charge < -0.3 is 0 Å². The van der Waals surface area contributed by atoms with E-state index in [2.05, 4.69) is 10.1 Å².